The molecule has 0 fully saturated rings. The van der Waals surface area contributed by atoms with Crippen molar-refractivity contribution in [3.8, 4) is 0 Å². The second-order valence-corrected chi connectivity index (χ2v) is 7.49. The Morgan fingerprint density at radius 3 is 1.27 bits per heavy atom. The third-order valence-electron chi connectivity index (χ3n) is 1.63. The lowest BCUT2D eigenvalue weighted by Crippen LogP contribution is -2.23. The first-order valence-corrected chi connectivity index (χ1v) is 7.31. The molecule has 0 radical (unpaired) electrons. The van der Waals surface area contributed by atoms with E-state index >= 15 is 0 Å². The molecule has 0 aliphatic carbocycles. The smallest absolute Gasteiger partial charge is 0.0250 e. The highest BCUT2D eigenvalue weighted by molar-refractivity contribution is 8.77. The van der Waals surface area contributed by atoms with Gasteiger partial charge < -0.3 is 9.80 Å². The van der Waals surface area contributed by atoms with E-state index in [9.17, 15) is 0 Å². The predicted molar refractivity (Wildman–Crippen MR) is 78.5 cm³/mol. The molecule has 0 spiro atoms. The minimum absolute atomic E-state index is 0. The zero-order chi connectivity index (χ0) is 11.1. The first kappa shape index (κ1) is 18.3. The average molecular weight is 273 g/mol. The number of rotatable bonds is 7. The molecule has 0 aromatic carbocycles. The van der Waals surface area contributed by atoms with E-state index in [0.717, 1.165) is 13.1 Å². The van der Waals surface area contributed by atoms with Gasteiger partial charge in [0, 0.05) is 23.6 Å². The van der Waals surface area contributed by atoms with Crippen molar-refractivity contribution in [2.45, 2.75) is 24.3 Å². The molecule has 2 unspecified atom stereocenters. The quantitative estimate of drug-likeness (QED) is 0.657. The Morgan fingerprint density at radius 2 is 1.07 bits per heavy atom. The summed E-state index contributed by atoms with van der Waals surface area (Å²) in [5.41, 5.74) is 0. The second-order valence-electron chi connectivity index (χ2n) is 4.34. The summed E-state index contributed by atoms with van der Waals surface area (Å²) in [5, 5.41) is 1.42. The zero-order valence-electron chi connectivity index (χ0n) is 10.7. The van der Waals surface area contributed by atoms with Gasteiger partial charge in [-0.15, -0.1) is 12.4 Å². The van der Waals surface area contributed by atoms with Crippen LogP contribution in [0.4, 0.5) is 0 Å². The number of hydrogen-bond acceptors (Lipinski definition) is 4. The summed E-state index contributed by atoms with van der Waals surface area (Å²) < 4.78 is 0. The highest BCUT2D eigenvalue weighted by atomic mass is 35.5. The molecule has 0 aromatic rings. The van der Waals surface area contributed by atoms with Gasteiger partial charge in [-0.05, 0) is 28.2 Å². The summed E-state index contributed by atoms with van der Waals surface area (Å²) in [6, 6.07) is 0. The van der Waals surface area contributed by atoms with Gasteiger partial charge in [0.25, 0.3) is 0 Å². The molecule has 15 heavy (non-hydrogen) atoms. The van der Waals surface area contributed by atoms with Gasteiger partial charge >= 0.3 is 0 Å². The van der Waals surface area contributed by atoms with E-state index in [0.29, 0.717) is 10.5 Å². The minimum atomic E-state index is 0. The summed E-state index contributed by atoms with van der Waals surface area (Å²) >= 11 is 0. The fourth-order valence-electron chi connectivity index (χ4n) is 1.28. The fraction of sp³-hybridized carbons (Fsp3) is 1.00. The van der Waals surface area contributed by atoms with E-state index in [1.807, 2.05) is 21.6 Å². The molecule has 0 amide bonds. The first-order chi connectivity index (χ1) is 6.41. The Bertz CT molecular complexity index is 129. The van der Waals surface area contributed by atoms with Gasteiger partial charge in [-0.1, -0.05) is 35.4 Å². The number of halogens is 1. The van der Waals surface area contributed by atoms with Gasteiger partial charge in [-0.2, -0.15) is 0 Å². The molecule has 5 heteroatoms. The Balaban J connectivity index is 0. The Labute approximate surface area is 109 Å². The SMILES string of the molecule is CC(CN(C)C)SSC(C)CN(C)C.Cl. The van der Waals surface area contributed by atoms with Crippen molar-refractivity contribution in [3.05, 3.63) is 0 Å². The van der Waals surface area contributed by atoms with E-state index in [-0.39, 0.29) is 12.4 Å². The molecule has 94 valence electrons. The van der Waals surface area contributed by atoms with Crippen LogP contribution < -0.4 is 0 Å². The Morgan fingerprint density at radius 1 is 0.800 bits per heavy atom. The zero-order valence-corrected chi connectivity index (χ0v) is 13.1. The van der Waals surface area contributed by atoms with E-state index in [2.05, 4.69) is 51.8 Å². The lowest BCUT2D eigenvalue weighted by atomic mass is 10.4. The van der Waals surface area contributed by atoms with E-state index in [1.54, 1.807) is 0 Å². The van der Waals surface area contributed by atoms with Crippen molar-refractivity contribution >= 4 is 34.0 Å². The van der Waals surface area contributed by atoms with Crippen LogP contribution in [0.3, 0.4) is 0 Å². The van der Waals surface area contributed by atoms with E-state index < -0.39 is 0 Å². The highest BCUT2D eigenvalue weighted by Crippen LogP contribution is 2.31. The molecule has 0 bridgehead atoms. The Kier molecular flexibility index (Phi) is 12.3. The third-order valence-corrected chi connectivity index (χ3v) is 5.00. The van der Waals surface area contributed by atoms with Crippen molar-refractivity contribution in [3.63, 3.8) is 0 Å². The number of nitrogens with zero attached hydrogens (tertiary/aromatic N) is 2. The van der Waals surface area contributed by atoms with Crippen molar-refractivity contribution < 1.29 is 0 Å². The second kappa shape index (κ2) is 10.1. The molecule has 0 heterocycles. The molecule has 0 N–H and O–H groups in total. The maximum atomic E-state index is 2.29. The summed E-state index contributed by atoms with van der Waals surface area (Å²) in [5.74, 6) is 0. The van der Waals surface area contributed by atoms with Gasteiger partial charge in [0.05, 0.1) is 0 Å². The van der Waals surface area contributed by atoms with Crippen LogP contribution in [0.1, 0.15) is 13.8 Å². The van der Waals surface area contributed by atoms with Crippen molar-refractivity contribution in [1.29, 1.82) is 0 Å². The maximum Gasteiger partial charge on any atom is 0.0250 e. The standard InChI is InChI=1S/C10H24N2S2.ClH/c1-9(7-11(3)4)13-14-10(2)8-12(5)6;/h9-10H,7-8H2,1-6H3;1H. The van der Waals surface area contributed by atoms with Crippen LogP contribution in [-0.4, -0.2) is 61.6 Å². The maximum absolute atomic E-state index is 2.29. The lowest BCUT2D eigenvalue weighted by Gasteiger charge is -2.19. The molecular formula is C10H25ClN2S2. The monoisotopic (exact) mass is 272 g/mol. The summed E-state index contributed by atoms with van der Waals surface area (Å²) in [6.07, 6.45) is 0. The van der Waals surface area contributed by atoms with Crippen LogP contribution in [0.15, 0.2) is 0 Å². The average Bonchev–Trinajstić information content (AvgIpc) is 1.98. The molecule has 0 rings (SSSR count). The summed E-state index contributed by atoms with van der Waals surface area (Å²) in [7, 11) is 12.5. The van der Waals surface area contributed by atoms with E-state index in [1.165, 1.54) is 0 Å². The predicted octanol–water partition coefficient (Wildman–Crippen LogP) is 2.69. The van der Waals surface area contributed by atoms with Crippen LogP contribution in [0, 0.1) is 0 Å². The molecule has 0 aromatic heterocycles. The van der Waals surface area contributed by atoms with Gasteiger partial charge in [0.15, 0.2) is 0 Å². The Hall–Kier alpha value is 0.910. The van der Waals surface area contributed by atoms with Crippen LogP contribution in [0.2, 0.25) is 0 Å². The fourth-order valence-corrected chi connectivity index (χ4v) is 3.88. The van der Waals surface area contributed by atoms with Crippen molar-refractivity contribution in [1.82, 2.24) is 9.80 Å². The first-order valence-electron chi connectivity index (χ1n) is 5.03. The minimum Gasteiger partial charge on any atom is -0.308 e. The molecule has 2 atom stereocenters. The highest BCUT2D eigenvalue weighted by Gasteiger charge is 2.09. The van der Waals surface area contributed by atoms with E-state index in [4.69, 9.17) is 0 Å². The molecule has 0 aliphatic rings. The van der Waals surface area contributed by atoms with Gasteiger partial charge in [0.2, 0.25) is 0 Å². The van der Waals surface area contributed by atoms with Crippen LogP contribution in [0.5, 0.6) is 0 Å². The van der Waals surface area contributed by atoms with Crippen LogP contribution in [-0.2, 0) is 0 Å². The van der Waals surface area contributed by atoms with Gasteiger partial charge in [-0.3, -0.25) is 0 Å². The van der Waals surface area contributed by atoms with Gasteiger partial charge in [-0.25, -0.2) is 0 Å². The molecule has 0 saturated carbocycles. The molecule has 2 nitrogen and oxygen atoms in total. The van der Waals surface area contributed by atoms with Crippen molar-refractivity contribution in [2.75, 3.05) is 41.3 Å². The molecule has 0 aliphatic heterocycles. The topological polar surface area (TPSA) is 6.48 Å². The molecular weight excluding hydrogens is 248 g/mol. The lowest BCUT2D eigenvalue weighted by molar-refractivity contribution is 0.413. The van der Waals surface area contributed by atoms with Crippen molar-refractivity contribution in [2.24, 2.45) is 0 Å². The van der Waals surface area contributed by atoms with Crippen LogP contribution >= 0.6 is 34.0 Å². The summed E-state index contributed by atoms with van der Waals surface area (Å²) in [6.45, 7) is 6.90. The molecule has 0 saturated heterocycles. The normalized spacial score (nSPS) is 15.2. The summed E-state index contributed by atoms with van der Waals surface area (Å²) in [4.78, 5) is 4.49. The number of hydrogen-bond donors (Lipinski definition) is 0. The van der Waals surface area contributed by atoms with Gasteiger partial charge in [0.1, 0.15) is 0 Å². The van der Waals surface area contributed by atoms with Crippen LogP contribution in [0.25, 0.3) is 0 Å². The largest absolute Gasteiger partial charge is 0.308 e. The third kappa shape index (κ3) is 12.8.